The van der Waals surface area contributed by atoms with Crippen molar-refractivity contribution in [1.82, 2.24) is 5.32 Å². The van der Waals surface area contributed by atoms with E-state index < -0.39 is 6.09 Å². The minimum Gasteiger partial charge on any atom is -0.465 e. The first-order chi connectivity index (χ1) is 4.16. The molecule has 1 amide bonds. The first-order valence-corrected chi connectivity index (χ1v) is 2.26. The molecule has 0 rings (SSSR count). The SMILES string of the molecule is C=C(C=O)CNC(=O)O. The van der Waals surface area contributed by atoms with Crippen LogP contribution in [0.5, 0.6) is 0 Å². The molecule has 0 atom stereocenters. The van der Waals surface area contributed by atoms with E-state index in [1.807, 2.05) is 5.32 Å². The molecule has 4 nitrogen and oxygen atoms in total. The van der Waals surface area contributed by atoms with Crippen molar-refractivity contribution < 1.29 is 14.7 Å². The van der Waals surface area contributed by atoms with Crippen molar-refractivity contribution in [3.63, 3.8) is 0 Å². The van der Waals surface area contributed by atoms with Gasteiger partial charge in [0.05, 0.1) is 0 Å². The van der Waals surface area contributed by atoms with Gasteiger partial charge >= 0.3 is 6.09 Å². The lowest BCUT2D eigenvalue weighted by Gasteiger charge is -1.95. The molecule has 50 valence electrons. The fourth-order valence-corrected chi connectivity index (χ4v) is 0.231. The van der Waals surface area contributed by atoms with Gasteiger partial charge in [0.2, 0.25) is 0 Å². The molecular weight excluding hydrogens is 122 g/mol. The Balaban J connectivity index is 3.39. The maximum absolute atomic E-state index is 9.78. The first-order valence-electron chi connectivity index (χ1n) is 2.26. The zero-order chi connectivity index (χ0) is 7.28. The highest BCUT2D eigenvalue weighted by Gasteiger charge is 1.93. The molecule has 0 spiro atoms. The van der Waals surface area contributed by atoms with Crippen LogP contribution in [0.3, 0.4) is 0 Å². The van der Waals surface area contributed by atoms with Gasteiger partial charge < -0.3 is 10.4 Å². The van der Waals surface area contributed by atoms with E-state index >= 15 is 0 Å². The van der Waals surface area contributed by atoms with Crippen molar-refractivity contribution in [1.29, 1.82) is 0 Å². The molecule has 0 bridgehead atoms. The van der Waals surface area contributed by atoms with Crippen molar-refractivity contribution in [3.05, 3.63) is 12.2 Å². The average molecular weight is 129 g/mol. The van der Waals surface area contributed by atoms with E-state index in [1.54, 1.807) is 0 Å². The number of rotatable bonds is 3. The predicted molar refractivity (Wildman–Crippen MR) is 31.2 cm³/mol. The first kappa shape index (κ1) is 7.68. The summed E-state index contributed by atoms with van der Waals surface area (Å²) in [6, 6.07) is 0. The number of carbonyl (C=O) groups excluding carboxylic acids is 1. The average Bonchev–Trinajstić information content (AvgIpc) is 1.83. The summed E-state index contributed by atoms with van der Waals surface area (Å²) in [6.45, 7) is 3.25. The standard InChI is InChI=1S/C5H7NO3/c1-4(3-7)2-6-5(8)9/h3,6H,1-2H2,(H,8,9). The zero-order valence-electron chi connectivity index (χ0n) is 4.76. The van der Waals surface area contributed by atoms with Crippen LogP contribution in [-0.4, -0.2) is 24.0 Å². The second-order valence-corrected chi connectivity index (χ2v) is 1.43. The quantitative estimate of drug-likeness (QED) is 0.416. The van der Waals surface area contributed by atoms with Crippen molar-refractivity contribution in [2.24, 2.45) is 0 Å². The maximum atomic E-state index is 9.78. The van der Waals surface area contributed by atoms with E-state index in [9.17, 15) is 9.59 Å². The lowest BCUT2D eigenvalue weighted by molar-refractivity contribution is -0.104. The third-order valence-electron chi connectivity index (χ3n) is 0.633. The van der Waals surface area contributed by atoms with Gasteiger partial charge in [-0.3, -0.25) is 4.79 Å². The molecule has 0 aliphatic heterocycles. The van der Waals surface area contributed by atoms with Crippen LogP contribution in [0.2, 0.25) is 0 Å². The Morgan fingerprint density at radius 3 is 2.67 bits per heavy atom. The fourth-order valence-electron chi connectivity index (χ4n) is 0.231. The zero-order valence-corrected chi connectivity index (χ0v) is 4.76. The molecule has 0 aliphatic rings. The summed E-state index contributed by atoms with van der Waals surface area (Å²) in [4.78, 5) is 19.5. The summed E-state index contributed by atoms with van der Waals surface area (Å²) in [5.41, 5.74) is 0.220. The van der Waals surface area contributed by atoms with Gasteiger partial charge in [0.15, 0.2) is 0 Å². The van der Waals surface area contributed by atoms with E-state index in [-0.39, 0.29) is 12.1 Å². The minimum absolute atomic E-state index is 0.00116. The molecule has 0 aromatic carbocycles. The summed E-state index contributed by atoms with van der Waals surface area (Å²) in [7, 11) is 0. The molecule has 0 fully saturated rings. The monoisotopic (exact) mass is 129 g/mol. The van der Waals surface area contributed by atoms with Crippen molar-refractivity contribution in [2.75, 3.05) is 6.54 Å². The smallest absolute Gasteiger partial charge is 0.404 e. The van der Waals surface area contributed by atoms with Crippen LogP contribution in [-0.2, 0) is 4.79 Å². The molecule has 0 heterocycles. The Labute approximate surface area is 52.2 Å². The number of nitrogens with one attached hydrogen (secondary N) is 1. The van der Waals surface area contributed by atoms with Crippen molar-refractivity contribution in [3.8, 4) is 0 Å². The molecule has 0 unspecified atom stereocenters. The molecule has 0 aromatic rings. The number of carbonyl (C=O) groups is 2. The van der Waals surface area contributed by atoms with Gasteiger partial charge in [-0.05, 0) is 0 Å². The second-order valence-electron chi connectivity index (χ2n) is 1.43. The van der Waals surface area contributed by atoms with Crippen LogP contribution < -0.4 is 5.32 Å². The van der Waals surface area contributed by atoms with Crippen molar-refractivity contribution in [2.45, 2.75) is 0 Å². The van der Waals surface area contributed by atoms with Crippen LogP contribution >= 0.6 is 0 Å². The molecule has 0 radical (unpaired) electrons. The number of aldehydes is 1. The maximum Gasteiger partial charge on any atom is 0.404 e. The highest BCUT2D eigenvalue weighted by molar-refractivity contribution is 5.74. The Morgan fingerprint density at radius 1 is 1.78 bits per heavy atom. The summed E-state index contributed by atoms with van der Waals surface area (Å²) >= 11 is 0. The second kappa shape index (κ2) is 3.65. The largest absolute Gasteiger partial charge is 0.465 e. The Bertz CT molecular complexity index is 141. The van der Waals surface area contributed by atoms with Gasteiger partial charge in [-0.2, -0.15) is 0 Å². The van der Waals surface area contributed by atoms with Gasteiger partial charge in [-0.25, -0.2) is 4.79 Å². The van der Waals surface area contributed by atoms with Crippen LogP contribution in [0.25, 0.3) is 0 Å². The Kier molecular flexibility index (Phi) is 3.12. The summed E-state index contributed by atoms with van der Waals surface area (Å²) in [6.07, 6.45) is -0.645. The summed E-state index contributed by atoms with van der Waals surface area (Å²) in [5.74, 6) is 0. The fraction of sp³-hybridized carbons (Fsp3) is 0.200. The summed E-state index contributed by atoms with van der Waals surface area (Å²) < 4.78 is 0. The predicted octanol–water partition coefficient (Wildman–Crippen LogP) is 0.00910. The number of hydrogen-bond acceptors (Lipinski definition) is 2. The van der Waals surface area contributed by atoms with E-state index in [1.165, 1.54) is 0 Å². The van der Waals surface area contributed by atoms with Gasteiger partial charge in [0.1, 0.15) is 6.29 Å². The molecule has 0 saturated heterocycles. The van der Waals surface area contributed by atoms with E-state index in [4.69, 9.17) is 5.11 Å². The van der Waals surface area contributed by atoms with Crippen LogP contribution in [0.1, 0.15) is 0 Å². The Hall–Kier alpha value is -1.32. The van der Waals surface area contributed by atoms with Crippen LogP contribution in [0.4, 0.5) is 4.79 Å². The Morgan fingerprint density at radius 2 is 2.33 bits per heavy atom. The van der Waals surface area contributed by atoms with E-state index in [0.29, 0.717) is 6.29 Å². The third-order valence-corrected chi connectivity index (χ3v) is 0.633. The molecule has 0 saturated carbocycles. The molecule has 0 aromatic heterocycles. The third kappa shape index (κ3) is 4.53. The number of carboxylic acid groups (broad SMARTS) is 1. The van der Waals surface area contributed by atoms with Gasteiger partial charge in [0.25, 0.3) is 0 Å². The lowest BCUT2D eigenvalue weighted by atomic mass is 10.3. The molecule has 0 aliphatic carbocycles. The van der Waals surface area contributed by atoms with Gasteiger partial charge in [-0.15, -0.1) is 0 Å². The molecule has 9 heavy (non-hydrogen) atoms. The molecule has 4 heteroatoms. The topological polar surface area (TPSA) is 66.4 Å². The van der Waals surface area contributed by atoms with Crippen LogP contribution in [0.15, 0.2) is 12.2 Å². The summed E-state index contributed by atoms with van der Waals surface area (Å²) in [5, 5.41) is 9.97. The van der Waals surface area contributed by atoms with E-state index in [0.717, 1.165) is 0 Å². The molecular formula is C5H7NO3. The number of amides is 1. The molecule has 2 N–H and O–H groups in total. The normalized spacial score (nSPS) is 8.00. The lowest BCUT2D eigenvalue weighted by Crippen LogP contribution is -2.23. The van der Waals surface area contributed by atoms with Crippen molar-refractivity contribution >= 4 is 12.4 Å². The van der Waals surface area contributed by atoms with Gasteiger partial charge in [0, 0.05) is 12.1 Å². The highest BCUT2D eigenvalue weighted by Crippen LogP contribution is 1.77. The highest BCUT2D eigenvalue weighted by atomic mass is 16.4. The van der Waals surface area contributed by atoms with E-state index in [2.05, 4.69) is 6.58 Å². The number of hydrogen-bond donors (Lipinski definition) is 2. The van der Waals surface area contributed by atoms with Gasteiger partial charge in [-0.1, -0.05) is 6.58 Å². The van der Waals surface area contributed by atoms with Crippen LogP contribution in [0, 0.1) is 0 Å². The minimum atomic E-state index is -1.15.